The van der Waals surface area contributed by atoms with Gasteiger partial charge in [-0.25, -0.2) is 4.39 Å². The first-order chi connectivity index (χ1) is 9.75. The van der Waals surface area contributed by atoms with Gasteiger partial charge in [-0.2, -0.15) is 0 Å². The normalized spacial score (nSPS) is 17.1. The second-order valence-electron chi connectivity index (χ2n) is 4.83. The van der Waals surface area contributed by atoms with Gasteiger partial charge in [0.15, 0.2) is 11.6 Å². The van der Waals surface area contributed by atoms with Gasteiger partial charge in [-0.15, -0.1) is 0 Å². The fourth-order valence-corrected chi connectivity index (χ4v) is 2.54. The van der Waals surface area contributed by atoms with Gasteiger partial charge in [0.25, 0.3) is 0 Å². The summed E-state index contributed by atoms with van der Waals surface area (Å²) in [5, 5.41) is 0. The molecule has 1 aliphatic heterocycles. The lowest BCUT2D eigenvalue weighted by Crippen LogP contribution is -2.18. The summed E-state index contributed by atoms with van der Waals surface area (Å²) in [6.07, 6.45) is 2.46. The van der Waals surface area contributed by atoms with Crippen LogP contribution in [0.15, 0.2) is 42.6 Å². The number of hydrogen-bond acceptors (Lipinski definition) is 3. The molecule has 0 bridgehead atoms. The molecular weight excluding hydrogens is 257 g/mol. The predicted molar refractivity (Wildman–Crippen MR) is 72.4 cm³/mol. The van der Waals surface area contributed by atoms with Crippen LogP contribution in [0.2, 0.25) is 0 Å². The minimum absolute atomic E-state index is 0.0638. The van der Waals surface area contributed by atoms with Gasteiger partial charge in [0.2, 0.25) is 0 Å². The second-order valence-corrected chi connectivity index (χ2v) is 4.83. The van der Waals surface area contributed by atoms with Crippen molar-refractivity contribution in [3.05, 3.63) is 59.7 Å². The van der Waals surface area contributed by atoms with Gasteiger partial charge in [-0.1, -0.05) is 18.2 Å². The molecule has 0 radical (unpaired) electrons. The van der Waals surface area contributed by atoms with Gasteiger partial charge >= 0.3 is 0 Å². The summed E-state index contributed by atoms with van der Waals surface area (Å²) in [6.45, 7) is 0.583. The van der Waals surface area contributed by atoms with E-state index >= 15 is 0 Å². The van der Waals surface area contributed by atoms with Crippen LogP contribution in [-0.4, -0.2) is 17.4 Å². The molecule has 3 rings (SSSR count). The minimum Gasteiger partial charge on any atom is -0.493 e. The summed E-state index contributed by atoms with van der Waals surface area (Å²) in [5.41, 5.74) is 0.944. The van der Waals surface area contributed by atoms with E-state index in [4.69, 9.17) is 4.74 Å². The van der Waals surface area contributed by atoms with Crippen molar-refractivity contribution >= 4 is 5.78 Å². The fourth-order valence-electron chi connectivity index (χ4n) is 2.54. The van der Waals surface area contributed by atoms with E-state index in [0.29, 0.717) is 6.61 Å². The number of rotatable bonds is 3. The van der Waals surface area contributed by atoms with E-state index in [0.717, 1.165) is 17.7 Å². The Bertz CT molecular complexity index is 642. The van der Waals surface area contributed by atoms with Gasteiger partial charge in [0, 0.05) is 12.6 Å². The zero-order valence-corrected chi connectivity index (χ0v) is 10.9. The van der Waals surface area contributed by atoms with E-state index in [-0.39, 0.29) is 23.8 Å². The summed E-state index contributed by atoms with van der Waals surface area (Å²) in [6, 6.07) is 10.4. The number of fused-ring (bicyclic) bond motifs is 1. The molecular formula is C16H14FNO2. The first kappa shape index (κ1) is 12.8. The van der Waals surface area contributed by atoms with Gasteiger partial charge < -0.3 is 4.74 Å². The van der Waals surface area contributed by atoms with Crippen LogP contribution in [0, 0.1) is 5.82 Å². The number of halogens is 1. The van der Waals surface area contributed by atoms with Gasteiger partial charge in [-0.05, 0) is 36.1 Å². The average molecular weight is 271 g/mol. The van der Waals surface area contributed by atoms with Gasteiger partial charge in [0.05, 0.1) is 6.61 Å². The highest BCUT2D eigenvalue weighted by Gasteiger charge is 2.25. The molecule has 102 valence electrons. The van der Waals surface area contributed by atoms with Crippen LogP contribution in [0.5, 0.6) is 5.75 Å². The van der Waals surface area contributed by atoms with Crippen LogP contribution in [0.3, 0.4) is 0 Å². The number of pyridine rings is 1. The van der Waals surface area contributed by atoms with Crippen LogP contribution >= 0.6 is 0 Å². The Hall–Kier alpha value is -2.23. The highest BCUT2D eigenvalue weighted by atomic mass is 19.1. The van der Waals surface area contributed by atoms with Crippen molar-refractivity contribution in [3.63, 3.8) is 0 Å². The molecule has 0 N–H and O–H groups in total. The predicted octanol–water partition coefficient (Wildman–Crippen LogP) is 3.36. The summed E-state index contributed by atoms with van der Waals surface area (Å²) >= 11 is 0. The molecule has 1 aromatic carbocycles. The molecule has 0 aliphatic carbocycles. The Morgan fingerprint density at radius 3 is 3.00 bits per heavy atom. The highest BCUT2D eigenvalue weighted by molar-refractivity contribution is 5.95. The molecule has 20 heavy (non-hydrogen) atoms. The molecule has 1 unspecified atom stereocenters. The number of hydrogen-bond donors (Lipinski definition) is 0. The van der Waals surface area contributed by atoms with Crippen molar-refractivity contribution in [2.45, 2.75) is 18.8 Å². The second kappa shape index (κ2) is 5.41. The summed E-state index contributed by atoms with van der Waals surface area (Å²) < 4.78 is 19.1. The van der Waals surface area contributed by atoms with Crippen molar-refractivity contribution in [1.82, 2.24) is 4.98 Å². The lowest BCUT2D eigenvalue weighted by Gasteiger charge is -2.25. The van der Waals surface area contributed by atoms with Crippen molar-refractivity contribution in [2.24, 2.45) is 0 Å². The number of benzene rings is 1. The third-order valence-corrected chi connectivity index (χ3v) is 3.54. The van der Waals surface area contributed by atoms with Gasteiger partial charge in [0.1, 0.15) is 11.4 Å². The maximum atomic E-state index is 13.6. The van der Waals surface area contributed by atoms with Gasteiger partial charge in [-0.3, -0.25) is 9.78 Å². The quantitative estimate of drug-likeness (QED) is 0.803. The number of nitrogens with zero attached hydrogens (tertiary/aromatic N) is 1. The molecule has 0 spiro atoms. The Labute approximate surface area is 116 Å². The van der Waals surface area contributed by atoms with Crippen LogP contribution in [0.4, 0.5) is 4.39 Å². The number of ketones is 1. The Balaban J connectivity index is 1.83. The number of ether oxygens (including phenoxy) is 1. The maximum Gasteiger partial charge on any atom is 0.184 e. The molecule has 0 amide bonds. The van der Waals surface area contributed by atoms with Crippen molar-refractivity contribution in [2.75, 3.05) is 6.61 Å². The molecule has 2 heterocycles. The summed E-state index contributed by atoms with van der Waals surface area (Å²) in [5.74, 6) is 0.0644. The van der Waals surface area contributed by atoms with Crippen molar-refractivity contribution in [1.29, 1.82) is 0 Å². The van der Waals surface area contributed by atoms with Crippen LogP contribution < -0.4 is 4.74 Å². The van der Waals surface area contributed by atoms with Crippen LogP contribution in [-0.2, 0) is 0 Å². The number of para-hydroxylation sites is 1. The van der Waals surface area contributed by atoms with Crippen molar-refractivity contribution < 1.29 is 13.9 Å². The first-order valence-corrected chi connectivity index (χ1v) is 6.61. The molecule has 4 heteroatoms. The fraction of sp³-hybridized carbons (Fsp3) is 0.250. The molecule has 1 aliphatic rings. The zero-order valence-electron chi connectivity index (χ0n) is 10.9. The molecule has 0 fully saturated rings. The molecule has 1 atom stereocenters. The van der Waals surface area contributed by atoms with E-state index in [1.54, 1.807) is 0 Å². The van der Waals surface area contributed by atoms with E-state index in [9.17, 15) is 9.18 Å². The van der Waals surface area contributed by atoms with E-state index in [1.165, 1.54) is 18.3 Å². The summed E-state index contributed by atoms with van der Waals surface area (Å²) in [4.78, 5) is 16.0. The lowest BCUT2D eigenvalue weighted by atomic mass is 9.88. The first-order valence-electron chi connectivity index (χ1n) is 6.61. The number of Topliss-reactive ketones (excluding diaryl/α,β-unsaturated/α-hetero) is 1. The number of carbonyl (C=O) groups excluding carboxylic acids is 1. The number of carbonyl (C=O) groups is 1. The lowest BCUT2D eigenvalue weighted by molar-refractivity contribution is 0.0956. The minimum atomic E-state index is -0.558. The largest absolute Gasteiger partial charge is 0.493 e. The monoisotopic (exact) mass is 271 g/mol. The molecule has 2 aromatic rings. The molecule has 1 aromatic heterocycles. The maximum absolute atomic E-state index is 13.6. The SMILES string of the molecule is O=C(CC1CCOc2ccccc21)c1ncccc1F. The highest BCUT2D eigenvalue weighted by Crippen LogP contribution is 2.36. The van der Waals surface area contributed by atoms with E-state index in [2.05, 4.69) is 4.98 Å². The van der Waals surface area contributed by atoms with Crippen LogP contribution in [0.25, 0.3) is 0 Å². The average Bonchev–Trinajstić information content (AvgIpc) is 2.48. The van der Waals surface area contributed by atoms with E-state index in [1.807, 2.05) is 24.3 Å². The molecule has 0 saturated heterocycles. The van der Waals surface area contributed by atoms with Crippen LogP contribution in [0.1, 0.15) is 34.8 Å². The topological polar surface area (TPSA) is 39.2 Å². The third-order valence-electron chi connectivity index (χ3n) is 3.54. The molecule has 3 nitrogen and oxygen atoms in total. The molecule has 0 saturated carbocycles. The smallest absolute Gasteiger partial charge is 0.184 e. The van der Waals surface area contributed by atoms with Crippen molar-refractivity contribution in [3.8, 4) is 5.75 Å². The Morgan fingerprint density at radius 1 is 1.30 bits per heavy atom. The zero-order chi connectivity index (χ0) is 13.9. The third kappa shape index (κ3) is 2.41. The Morgan fingerprint density at radius 2 is 2.15 bits per heavy atom. The summed E-state index contributed by atoms with van der Waals surface area (Å²) in [7, 11) is 0. The Kier molecular flexibility index (Phi) is 3.46. The number of aromatic nitrogens is 1. The standard InChI is InChI=1S/C16H14FNO2/c17-13-5-3-8-18-16(13)14(19)10-11-7-9-20-15-6-2-1-4-12(11)15/h1-6,8,11H,7,9-10H2. The van der Waals surface area contributed by atoms with E-state index < -0.39 is 5.82 Å².